The fourth-order valence-electron chi connectivity index (χ4n) is 3.88. The van der Waals surface area contributed by atoms with Crippen molar-refractivity contribution in [2.75, 3.05) is 59.0 Å². The normalized spacial score (nSPS) is 46.6. The third kappa shape index (κ3) is 1.91. The summed E-state index contributed by atoms with van der Waals surface area (Å²) in [7, 11) is 0. The van der Waals surface area contributed by atoms with Crippen LogP contribution < -0.4 is 0 Å². The number of fused-ring (bicyclic) bond motifs is 6. The second kappa shape index (κ2) is 4.19. The fourth-order valence-corrected chi connectivity index (χ4v) is 3.88. The van der Waals surface area contributed by atoms with Gasteiger partial charge in [0.1, 0.15) is 0 Å². The van der Waals surface area contributed by atoms with Gasteiger partial charge < -0.3 is 9.80 Å². The largest absolute Gasteiger partial charge is 0.300 e. The van der Waals surface area contributed by atoms with E-state index in [-0.39, 0.29) is 0 Å². The van der Waals surface area contributed by atoms with Crippen LogP contribution in [0.25, 0.3) is 0 Å². The standard InChI is InChI=1S/C13H24N4/c1-3-14-7-12(8-14)16(5-1)11-17-6-2-4-15-9-13(17)10-15/h12-13H,1-11H2. The molecule has 0 N–H and O–H groups in total. The maximum Gasteiger partial charge on any atom is 0.0513 e. The lowest BCUT2D eigenvalue weighted by molar-refractivity contribution is -0.00711. The van der Waals surface area contributed by atoms with Gasteiger partial charge in [-0.05, 0) is 25.9 Å². The summed E-state index contributed by atoms with van der Waals surface area (Å²) in [5.74, 6) is 0. The first kappa shape index (κ1) is 10.7. The molecule has 0 aromatic heterocycles. The van der Waals surface area contributed by atoms with Crippen molar-refractivity contribution in [2.24, 2.45) is 0 Å². The predicted octanol–water partition coefficient (Wildman–Crippen LogP) is -0.276. The van der Waals surface area contributed by atoms with Crippen molar-refractivity contribution in [1.82, 2.24) is 19.6 Å². The Balaban J connectivity index is 1.39. The molecular formula is C13H24N4. The third-order valence-corrected chi connectivity index (χ3v) is 5.11. The van der Waals surface area contributed by atoms with Crippen LogP contribution in [0.3, 0.4) is 0 Å². The van der Waals surface area contributed by atoms with Crippen LogP contribution in [0.2, 0.25) is 0 Å². The summed E-state index contributed by atoms with van der Waals surface area (Å²) in [5.41, 5.74) is 0. The van der Waals surface area contributed by atoms with Crippen molar-refractivity contribution in [2.45, 2.75) is 24.9 Å². The van der Waals surface area contributed by atoms with Crippen LogP contribution in [0.1, 0.15) is 12.8 Å². The van der Waals surface area contributed by atoms with Crippen molar-refractivity contribution in [3.05, 3.63) is 0 Å². The van der Waals surface area contributed by atoms with E-state index >= 15 is 0 Å². The van der Waals surface area contributed by atoms with E-state index in [2.05, 4.69) is 19.6 Å². The summed E-state index contributed by atoms with van der Waals surface area (Å²) in [6, 6.07) is 1.74. The van der Waals surface area contributed by atoms with Crippen molar-refractivity contribution in [3.63, 3.8) is 0 Å². The number of hydrogen-bond acceptors (Lipinski definition) is 4. The Kier molecular flexibility index (Phi) is 2.65. The Labute approximate surface area is 104 Å². The molecule has 0 amide bonds. The molecule has 0 unspecified atom stereocenters. The minimum Gasteiger partial charge on any atom is -0.300 e. The smallest absolute Gasteiger partial charge is 0.0513 e. The lowest BCUT2D eigenvalue weighted by atomic mass is 10.1. The molecule has 6 aliphatic heterocycles. The van der Waals surface area contributed by atoms with Gasteiger partial charge in [-0.15, -0.1) is 0 Å². The van der Waals surface area contributed by atoms with E-state index in [0.29, 0.717) is 0 Å². The van der Waals surface area contributed by atoms with E-state index in [9.17, 15) is 0 Å². The summed E-state index contributed by atoms with van der Waals surface area (Å²) in [5, 5.41) is 0. The molecule has 0 aromatic carbocycles. The third-order valence-electron chi connectivity index (χ3n) is 5.11. The molecule has 0 radical (unpaired) electrons. The van der Waals surface area contributed by atoms with Crippen molar-refractivity contribution in [3.8, 4) is 0 Å². The van der Waals surface area contributed by atoms with E-state index in [1.54, 1.807) is 0 Å². The predicted molar refractivity (Wildman–Crippen MR) is 68.0 cm³/mol. The summed E-state index contributed by atoms with van der Waals surface area (Å²) >= 11 is 0. The maximum atomic E-state index is 2.76. The molecule has 96 valence electrons. The second-order valence-electron chi connectivity index (χ2n) is 6.30. The molecule has 6 rings (SSSR count). The van der Waals surface area contributed by atoms with Crippen molar-refractivity contribution < 1.29 is 0 Å². The molecule has 6 saturated heterocycles. The number of nitrogens with zero attached hydrogens (tertiary/aromatic N) is 4. The highest BCUT2D eigenvalue weighted by Crippen LogP contribution is 2.24. The maximum absolute atomic E-state index is 2.76. The van der Waals surface area contributed by atoms with Gasteiger partial charge in [0.2, 0.25) is 0 Å². The van der Waals surface area contributed by atoms with Crippen molar-refractivity contribution >= 4 is 0 Å². The summed E-state index contributed by atoms with van der Waals surface area (Å²) < 4.78 is 0. The molecule has 0 atom stereocenters. The van der Waals surface area contributed by atoms with Crippen LogP contribution in [-0.4, -0.2) is 90.7 Å². The zero-order valence-electron chi connectivity index (χ0n) is 10.7. The first-order chi connectivity index (χ1) is 8.38. The van der Waals surface area contributed by atoms with Gasteiger partial charge in [-0.25, -0.2) is 0 Å². The number of hydrogen-bond donors (Lipinski definition) is 0. The Bertz CT molecular complexity index is 255. The van der Waals surface area contributed by atoms with E-state index in [1.807, 2.05) is 0 Å². The molecule has 17 heavy (non-hydrogen) atoms. The zero-order valence-corrected chi connectivity index (χ0v) is 10.7. The van der Waals surface area contributed by atoms with Gasteiger partial charge in [0.15, 0.2) is 0 Å². The molecule has 4 nitrogen and oxygen atoms in total. The molecule has 6 aliphatic rings. The van der Waals surface area contributed by atoms with Crippen LogP contribution >= 0.6 is 0 Å². The Hall–Kier alpha value is -0.160. The van der Waals surface area contributed by atoms with Crippen LogP contribution in [0.5, 0.6) is 0 Å². The Morgan fingerprint density at radius 2 is 1.12 bits per heavy atom. The Morgan fingerprint density at radius 1 is 0.647 bits per heavy atom. The molecule has 0 spiro atoms. The first-order valence-corrected chi connectivity index (χ1v) is 7.31. The van der Waals surface area contributed by atoms with E-state index < -0.39 is 0 Å². The summed E-state index contributed by atoms with van der Waals surface area (Å²) in [6.07, 6.45) is 2.75. The van der Waals surface area contributed by atoms with E-state index in [0.717, 1.165) is 12.1 Å². The van der Waals surface area contributed by atoms with E-state index in [1.165, 1.54) is 71.9 Å². The van der Waals surface area contributed by atoms with Crippen LogP contribution in [0.4, 0.5) is 0 Å². The highest BCUT2D eigenvalue weighted by molar-refractivity contribution is 4.94. The van der Waals surface area contributed by atoms with Gasteiger partial charge in [0.05, 0.1) is 6.67 Å². The van der Waals surface area contributed by atoms with Gasteiger partial charge >= 0.3 is 0 Å². The lowest BCUT2D eigenvalue weighted by Crippen LogP contribution is -2.62. The first-order valence-electron chi connectivity index (χ1n) is 7.31. The fraction of sp³-hybridized carbons (Fsp3) is 1.00. The molecule has 0 aliphatic carbocycles. The Morgan fingerprint density at radius 3 is 1.59 bits per heavy atom. The minimum atomic E-state index is 0.872. The second-order valence-corrected chi connectivity index (χ2v) is 6.30. The van der Waals surface area contributed by atoms with Gasteiger partial charge in [-0.1, -0.05) is 0 Å². The minimum absolute atomic E-state index is 0.872. The zero-order chi connectivity index (χ0) is 11.2. The van der Waals surface area contributed by atoms with Gasteiger partial charge in [-0.2, -0.15) is 0 Å². The number of rotatable bonds is 2. The SMILES string of the molecule is C1CN2CC(C2)N(CN2CCCN3CC2C3)C1. The highest BCUT2D eigenvalue weighted by Gasteiger charge is 2.38. The molecule has 0 aromatic rings. The lowest BCUT2D eigenvalue weighted by Gasteiger charge is -2.47. The molecule has 4 heteroatoms. The molecule has 0 saturated carbocycles. The average Bonchev–Trinajstić information content (AvgIpc) is 2.63. The van der Waals surface area contributed by atoms with Crippen LogP contribution in [0.15, 0.2) is 0 Å². The molecule has 4 bridgehead atoms. The molecular weight excluding hydrogens is 212 g/mol. The summed E-state index contributed by atoms with van der Waals surface area (Å²) in [6.45, 7) is 11.9. The van der Waals surface area contributed by atoms with Gasteiger partial charge in [-0.3, -0.25) is 9.80 Å². The van der Waals surface area contributed by atoms with Gasteiger partial charge in [0.25, 0.3) is 0 Å². The monoisotopic (exact) mass is 236 g/mol. The van der Waals surface area contributed by atoms with Crippen LogP contribution in [0, 0.1) is 0 Å². The van der Waals surface area contributed by atoms with E-state index in [4.69, 9.17) is 0 Å². The average molecular weight is 236 g/mol. The van der Waals surface area contributed by atoms with Crippen LogP contribution in [-0.2, 0) is 0 Å². The topological polar surface area (TPSA) is 13.0 Å². The van der Waals surface area contributed by atoms with Gasteiger partial charge in [0, 0.05) is 51.4 Å². The quantitative estimate of drug-likeness (QED) is 0.654. The highest BCUT2D eigenvalue weighted by atomic mass is 15.4. The summed E-state index contributed by atoms with van der Waals surface area (Å²) in [4.78, 5) is 10.7. The van der Waals surface area contributed by atoms with Crippen molar-refractivity contribution in [1.29, 1.82) is 0 Å². The molecule has 6 fully saturated rings. The molecule has 6 heterocycles.